The topological polar surface area (TPSA) is 55.4 Å². The van der Waals surface area contributed by atoms with Crippen molar-refractivity contribution in [2.45, 2.75) is 13.3 Å². The zero-order valence-electron chi connectivity index (χ0n) is 9.45. The Morgan fingerprint density at radius 1 is 1.31 bits per heavy atom. The summed E-state index contributed by atoms with van der Waals surface area (Å²) in [6, 6.07) is 7.65. The Balaban J connectivity index is 2.46. The summed E-state index contributed by atoms with van der Waals surface area (Å²) in [5.74, 6) is -0.627. The van der Waals surface area contributed by atoms with Crippen molar-refractivity contribution in [3.63, 3.8) is 0 Å². The van der Waals surface area contributed by atoms with Gasteiger partial charge in [0.25, 0.3) is 0 Å². The highest BCUT2D eigenvalue weighted by molar-refractivity contribution is 5.83. The molecule has 0 aliphatic heterocycles. The molecule has 0 unspecified atom stereocenters. The van der Waals surface area contributed by atoms with Gasteiger partial charge in [0.1, 0.15) is 6.54 Å². The number of aryl methyl sites for hydroxylation is 1. The first-order valence-electron chi connectivity index (χ1n) is 5.01. The minimum atomic E-state index is -0.446. The largest absolute Gasteiger partial charge is 0.468 e. The zero-order chi connectivity index (χ0) is 12.0. The molecule has 0 aliphatic rings. The van der Waals surface area contributed by atoms with Gasteiger partial charge in [-0.3, -0.25) is 9.59 Å². The van der Waals surface area contributed by atoms with E-state index >= 15 is 0 Å². The van der Waals surface area contributed by atoms with Gasteiger partial charge in [0, 0.05) is 0 Å². The molecule has 1 N–H and O–H groups in total. The first kappa shape index (κ1) is 12.2. The highest BCUT2D eigenvalue weighted by Crippen LogP contribution is 2.07. The summed E-state index contributed by atoms with van der Waals surface area (Å²) in [6.45, 7) is 1.87. The van der Waals surface area contributed by atoms with Gasteiger partial charge in [-0.05, 0) is 18.1 Å². The van der Waals surface area contributed by atoms with E-state index in [2.05, 4.69) is 10.1 Å². The minimum absolute atomic E-state index is 0.0821. The van der Waals surface area contributed by atoms with Crippen LogP contribution in [-0.4, -0.2) is 25.5 Å². The van der Waals surface area contributed by atoms with E-state index in [1.54, 1.807) is 0 Å². The molecule has 0 aromatic heterocycles. The molecule has 1 aromatic carbocycles. The van der Waals surface area contributed by atoms with Gasteiger partial charge in [0.2, 0.25) is 5.91 Å². The molecule has 16 heavy (non-hydrogen) atoms. The lowest BCUT2D eigenvalue weighted by Gasteiger charge is -2.06. The third kappa shape index (κ3) is 3.73. The molecule has 4 heteroatoms. The fourth-order valence-electron chi connectivity index (χ4n) is 1.29. The number of methoxy groups -OCH3 is 1. The Hall–Kier alpha value is -1.84. The standard InChI is InChI=1S/C12H15NO3/c1-9-5-3-4-6-10(9)7-11(14)13-8-12(15)16-2/h3-6H,7-8H2,1-2H3,(H,13,14). The molecule has 0 heterocycles. The average molecular weight is 221 g/mol. The number of hydrogen-bond donors (Lipinski definition) is 1. The molecule has 1 amide bonds. The Labute approximate surface area is 94.6 Å². The summed E-state index contributed by atoms with van der Waals surface area (Å²) < 4.78 is 4.42. The van der Waals surface area contributed by atoms with Gasteiger partial charge in [-0.2, -0.15) is 0 Å². The Bertz CT molecular complexity index is 388. The third-order valence-corrected chi connectivity index (χ3v) is 2.27. The summed E-state index contributed by atoms with van der Waals surface area (Å²) in [4.78, 5) is 22.3. The van der Waals surface area contributed by atoms with Crippen molar-refractivity contribution in [1.29, 1.82) is 0 Å². The van der Waals surface area contributed by atoms with Crippen LogP contribution in [0.5, 0.6) is 0 Å². The predicted octanol–water partition coefficient (Wildman–Crippen LogP) is 0.827. The number of amides is 1. The predicted molar refractivity (Wildman–Crippen MR) is 59.9 cm³/mol. The van der Waals surface area contributed by atoms with Crippen molar-refractivity contribution in [2.24, 2.45) is 0 Å². The van der Waals surface area contributed by atoms with Gasteiger partial charge in [0.15, 0.2) is 0 Å². The lowest BCUT2D eigenvalue weighted by atomic mass is 10.1. The van der Waals surface area contributed by atoms with Crippen LogP contribution in [-0.2, 0) is 20.7 Å². The molecular formula is C12H15NO3. The zero-order valence-corrected chi connectivity index (χ0v) is 9.45. The highest BCUT2D eigenvalue weighted by atomic mass is 16.5. The van der Waals surface area contributed by atoms with Crippen molar-refractivity contribution >= 4 is 11.9 Å². The average Bonchev–Trinajstić information content (AvgIpc) is 2.29. The molecule has 1 aromatic rings. The van der Waals surface area contributed by atoms with Crippen LogP contribution in [0.3, 0.4) is 0 Å². The maximum absolute atomic E-state index is 11.5. The quantitative estimate of drug-likeness (QED) is 0.766. The van der Waals surface area contributed by atoms with E-state index in [0.29, 0.717) is 0 Å². The van der Waals surface area contributed by atoms with Crippen molar-refractivity contribution < 1.29 is 14.3 Å². The fraction of sp³-hybridized carbons (Fsp3) is 0.333. The summed E-state index contributed by atoms with van der Waals surface area (Å²) in [5, 5.41) is 2.50. The maximum atomic E-state index is 11.5. The summed E-state index contributed by atoms with van der Waals surface area (Å²) >= 11 is 0. The number of rotatable bonds is 4. The van der Waals surface area contributed by atoms with Crippen molar-refractivity contribution in [3.8, 4) is 0 Å². The van der Waals surface area contributed by atoms with Crippen molar-refractivity contribution in [1.82, 2.24) is 5.32 Å². The van der Waals surface area contributed by atoms with Gasteiger partial charge in [-0.1, -0.05) is 24.3 Å². The number of benzene rings is 1. The van der Waals surface area contributed by atoms with E-state index in [9.17, 15) is 9.59 Å². The van der Waals surface area contributed by atoms with Crippen LogP contribution in [0, 0.1) is 6.92 Å². The molecular weight excluding hydrogens is 206 g/mol. The smallest absolute Gasteiger partial charge is 0.325 e. The molecule has 86 valence electrons. The molecule has 4 nitrogen and oxygen atoms in total. The highest BCUT2D eigenvalue weighted by Gasteiger charge is 2.07. The van der Waals surface area contributed by atoms with E-state index in [1.807, 2.05) is 31.2 Å². The molecule has 0 radical (unpaired) electrons. The van der Waals surface area contributed by atoms with Crippen LogP contribution in [0.15, 0.2) is 24.3 Å². The minimum Gasteiger partial charge on any atom is -0.468 e. The second-order valence-electron chi connectivity index (χ2n) is 3.46. The third-order valence-electron chi connectivity index (χ3n) is 2.27. The Kier molecular flexibility index (Phi) is 4.51. The second-order valence-corrected chi connectivity index (χ2v) is 3.46. The molecule has 1 rings (SSSR count). The maximum Gasteiger partial charge on any atom is 0.325 e. The number of hydrogen-bond acceptors (Lipinski definition) is 3. The van der Waals surface area contributed by atoms with Gasteiger partial charge in [-0.15, -0.1) is 0 Å². The number of carbonyl (C=O) groups is 2. The van der Waals surface area contributed by atoms with E-state index in [4.69, 9.17) is 0 Å². The van der Waals surface area contributed by atoms with Gasteiger partial charge < -0.3 is 10.1 Å². The van der Waals surface area contributed by atoms with Crippen LogP contribution in [0.2, 0.25) is 0 Å². The number of carbonyl (C=O) groups excluding carboxylic acids is 2. The van der Waals surface area contributed by atoms with Crippen LogP contribution in [0.25, 0.3) is 0 Å². The fourth-order valence-corrected chi connectivity index (χ4v) is 1.29. The molecule has 0 bridgehead atoms. The van der Waals surface area contributed by atoms with Gasteiger partial charge >= 0.3 is 5.97 Å². The van der Waals surface area contributed by atoms with Crippen LogP contribution >= 0.6 is 0 Å². The number of esters is 1. The second kappa shape index (κ2) is 5.90. The van der Waals surface area contributed by atoms with Crippen LogP contribution in [0.4, 0.5) is 0 Å². The number of ether oxygens (including phenoxy) is 1. The van der Waals surface area contributed by atoms with E-state index < -0.39 is 5.97 Å². The summed E-state index contributed by atoms with van der Waals surface area (Å²) in [7, 11) is 1.29. The SMILES string of the molecule is COC(=O)CNC(=O)Cc1ccccc1C. The monoisotopic (exact) mass is 221 g/mol. The lowest BCUT2D eigenvalue weighted by molar-refractivity contribution is -0.141. The lowest BCUT2D eigenvalue weighted by Crippen LogP contribution is -2.31. The molecule has 0 saturated carbocycles. The van der Waals surface area contributed by atoms with E-state index in [0.717, 1.165) is 11.1 Å². The normalized spacial score (nSPS) is 9.62. The molecule has 0 spiro atoms. The molecule has 0 fully saturated rings. The van der Waals surface area contributed by atoms with Crippen LogP contribution < -0.4 is 5.32 Å². The van der Waals surface area contributed by atoms with Gasteiger partial charge in [0.05, 0.1) is 13.5 Å². The summed E-state index contributed by atoms with van der Waals surface area (Å²) in [5.41, 5.74) is 2.03. The van der Waals surface area contributed by atoms with E-state index in [1.165, 1.54) is 7.11 Å². The van der Waals surface area contributed by atoms with Crippen molar-refractivity contribution in [2.75, 3.05) is 13.7 Å². The number of nitrogens with one attached hydrogen (secondary N) is 1. The van der Waals surface area contributed by atoms with Crippen molar-refractivity contribution in [3.05, 3.63) is 35.4 Å². The Morgan fingerprint density at radius 2 is 2.00 bits per heavy atom. The first-order valence-corrected chi connectivity index (χ1v) is 5.01. The summed E-state index contributed by atoms with van der Waals surface area (Å²) in [6.07, 6.45) is 0.281. The Morgan fingerprint density at radius 3 is 2.62 bits per heavy atom. The molecule has 0 saturated heterocycles. The van der Waals surface area contributed by atoms with E-state index in [-0.39, 0.29) is 18.9 Å². The molecule has 0 aliphatic carbocycles. The first-order chi connectivity index (χ1) is 7.63. The van der Waals surface area contributed by atoms with Crippen LogP contribution in [0.1, 0.15) is 11.1 Å². The van der Waals surface area contributed by atoms with Gasteiger partial charge in [-0.25, -0.2) is 0 Å². The molecule has 0 atom stereocenters.